The van der Waals surface area contributed by atoms with E-state index in [1.807, 2.05) is 18.2 Å². The molecule has 2 aromatic heterocycles. The van der Waals surface area contributed by atoms with Crippen LogP contribution < -0.4 is 0 Å². The Morgan fingerprint density at radius 2 is 2.12 bits per heavy atom. The molecule has 3 aromatic rings. The Morgan fingerprint density at radius 1 is 1.24 bits per heavy atom. The van der Waals surface area contributed by atoms with Crippen molar-refractivity contribution in [1.29, 1.82) is 0 Å². The van der Waals surface area contributed by atoms with Gasteiger partial charge in [-0.1, -0.05) is 30.3 Å². The largest absolute Gasteiger partial charge is 0.423 e. The molecule has 1 aliphatic rings. The van der Waals surface area contributed by atoms with Crippen molar-refractivity contribution in [3.63, 3.8) is 0 Å². The van der Waals surface area contributed by atoms with Gasteiger partial charge in [0, 0.05) is 24.6 Å². The SMILES string of the molecule is O=C(c1ccccc1)c1nccn1Cc1nnc(C2CCCOC2)o1. The van der Waals surface area contributed by atoms with Gasteiger partial charge in [0.05, 0.1) is 12.5 Å². The van der Waals surface area contributed by atoms with Crippen LogP contribution in [0.5, 0.6) is 0 Å². The fourth-order valence-electron chi connectivity index (χ4n) is 2.94. The molecule has 0 saturated carbocycles. The topological polar surface area (TPSA) is 83.0 Å². The standard InChI is InChI=1S/C18H18N4O3/c23-16(13-5-2-1-3-6-13)17-19-8-9-22(17)11-15-20-21-18(25-15)14-7-4-10-24-12-14/h1-3,5-6,8-9,14H,4,7,10-12H2. The minimum Gasteiger partial charge on any atom is -0.423 e. The van der Waals surface area contributed by atoms with Crippen LogP contribution in [0.25, 0.3) is 0 Å². The quantitative estimate of drug-likeness (QED) is 0.665. The van der Waals surface area contributed by atoms with Crippen LogP contribution >= 0.6 is 0 Å². The summed E-state index contributed by atoms with van der Waals surface area (Å²) in [5.41, 5.74) is 0.598. The lowest BCUT2D eigenvalue weighted by Gasteiger charge is -2.18. The second-order valence-corrected chi connectivity index (χ2v) is 6.02. The highest BCUT2D eigenvalue weighted by atomic mass is 16.5. The van der Waals surface area contributed by atoms with Crippen molar-refractivity contribution in [3.8, 4) is 0 Å². The molecule has 4 rings (SSSR count). The maximum Gasteiger partial charge on any atom is 0.236 e. The maximum absolute atomic E-state index is 12.6. The van der Waals surface area contributed by atoms with Gasteiger partial charge in [0.15, 0.2) is 5.82 Å². The molecule has 1 aromatic carbocycles. The van der Waals surface area contributed by atoms with E-state index in [1.54, 1.807) is 29.1 Å². The number of imidazole rings is 1. The van der Waals surface area contributed by atoms with Crippen molar-refractivity contribution in [1.82, 2.24) is 19.7 Å². The summed E-state index contributed by atoms with van der Waals surface area (Å²) in [6.45, 7) is 1.72. The van der Waals surface area contributed by atoms with E-state index in [-0.39, 0.29) is 11.7 Å². The lowest BCUT2D eigenvalue weighted by atomic mass is 10.0. The molecule has 7 nitrogen and oxygen atoms in total. The summed E-state index contributed by atoms with van der Waals surface area (Å²) in [5.74, 6) is 1.44. The molecule has 7 heteroatoms. The Kier molecular flexibility index (Phi) is 4.39. The number of carbonyl (C=O) groups is 1. The van der Waals surface area contributed by atoms with Gasteiger partial charge in [-0.25, -0.2) is 4.98 Å². The summed E-state index contributed by atoms with van der Waals surface area (Å²) in [6, 6.07) is 9.08. The van der Waals surface area contributed by atoms with E-state index < -0.39 is 0 Å². The molecular formula is C18H18N4O3. The smallest absolute Gasteiger partial charge is 0.236 e. The highest BCUT2D eigenvalue weighted by Gasteiger charge is 2.23. The highest BCUT2D eigenvalue weighted by molar-refractivity contribution is 6.06. The fourth-order valence-corrected chi connectivity index (χ4v) is 2.94. The number of aromatic nitrogens is 4. The van der Waals surface area contributed by atoms with Crippen LogP contribution in [-0.2, 0) is 11.3 Å². The van der Waals surface area contributed by atoms with Crippen LogP contribution in [0, 0.1) is 0 Å². The minimum atomic E-state index is -0.133. The first kappa shape index (κ1) is 15.7. The summed E-state index contributed by atoms with van der Waals surface area (Å²) >= 11 is 0. The van der Waals surface area contributed by atoms with Gasteiger partial charge >= 0.3 is 0 Å². The Balaban J connectivity index is 1.52. The molecule has 1 unspecified atom stereocenters. The predicted octanol–water partition coefficient (Wildman–Crippen LogP) is 2.44. The third-order valence-electron chi connectivity index (χ3n) is 4.25. The van der Waals surface area contributed by atoms with Crippen LogP contribution in [-0.4, -0.2) is 38.7 Å². The molecule has 1 saturated heterocycles. The maximum atomic E-state index is 12.6. The second kappa shape index (κ2) is 6.98. The van der Waals surface area contributed by atoms with Gasteiger partial charge in [0.1, 0.15) is 6.54 Å². The predicted molar refractivity (Wildman–Crippen MR) is 88.3 cm³/mol. The number of carbonyl (C=O) groups excluding carboxylic acids is 1. The third-order valence-corrected chi connectivity index (χ3v) is 4.25. The number of hydrogen-bond acceptors (Lipinski definition) is 6. The minimum absolute atomic E-state index is 0.133. The summed E-state index contributed by atoms with van der Waals surface area (Å²) in [5, 5.41) is 8.25. The number of benzene rings is 1. The monoisotopic (exact) mass is 338 g/mol. The summed E-state index contributed by atoms with van der Waals surface area (Å²) in [7, 11) is 0. The lowest BCUT2D eigenvalue weighted by Crippen LogP contribution is -2.15. The van der Waals surface area contributed by atoms with Crippen LogP contribution in [0.2, 0.25) is 0 Å². The normalized spacial score (nSPS) is 17.5. The van der Waals surface area contributed by atoms with E-state index in [4.69, 9.17) is 9.15 Å². The molecule has 0 N–H and O–H groups in total. The van der Waals surface area contributed by atoms with E-state index in [1.165, 1.54) is 0 Å². The molecule has 128 valence electrons. The molecular weight excluding hydrogens is 320 g/mol. The van der Waals surface area contributed by atoms with Gasteiger partial charge in [0.25, 0.3) is 0 Å². The van der Waals surface area contributed by atoms with Crippen LogP contribution in [0.15, 0.2) is 47.1 Å². The average molecular weight is 338 g/mol. The lowest BCUT2D eigenvalue weighted by molar-refractivity contribution is 0.0721. The van der Waals surface area contributed by atoms with Gasteiger partial charge in [-0.2, -0.15) is 0 Å². The van der Waals surface area contributed by atoms with Crippen LogP contribution in [0.1, 0.15) is 46.7 Å². The van der Waals surface area contributed by atoms with E-state index in [2.05, 4.69) is 15.2 Å². The first-order valence-electron chi connectivity index (χ1n) is 8.32. The molecule has 25 heavy (non-hydrogen) atoms. The molecule has 0 amide bonds. The number of hydrogen-bond donors (Lipinski definition) is 0. The molecule has 0 aliphatic carbocycles. The average Bonchev–Trinajstić information content (AvgIpc) is 3.33. The second-order valence-electron chi connectivity index (χ2n) is 6.02. The van der Waals surface area contributed by atoms with Crippen LogP contribution in [0.3, 0.4) is 0 Å². The van der Waals surface area contributed by atoms with Crippen molar-refractivity contribution < 1.29 is 13.9 Å². The zero-order valence-corrected chi connectivity index (χ0v) is 13.7. The van der Waals surface area contributed by atoms with Gasteiger partial charge in [-0.3, -0.25) is 4.79 Å². The zero-order chi connectivity index (χ0) is 17.1. The first-order valence-corrected chi connectivity index (χ1v) is 8.32. The molecule has 0 bridgehead atoms. The highest BCUT2D eigenvalue weighted by Crippen LogP contribution is 2.24. The first-order chi connectivity index (χ1) is 12.3. The van der Waals surface area contributed by atoms with Gasteiger partial charge in [-0.05, 0) is 12.8 Å². The summed E-state index contributed by atoms with van der Waals surface area (Å²) in [4.78, 5) is 16.8. The third kappa shape index (κ3) is 3.36. The van der Waals surface area contributed by atoms with Crippen molar-refractivity contribution in [2.75, 3.05) is 13.2 Å². The molecule has 3 heterocycles. The number of rotatable bonds is 5. The molecule has 1 atom stereocenters. The van der Waals surface area contributed by atoms with Gasteiger partial charge < -0.3 is 13.7 Å². The fraction of sp³-hybridized carbons (Fsp3) is 0.333. The van der Waals surface area contributed by atoms with Crippen molar-refractivity contribution >= 4 is 5.78 Å². The number of ketones is 1. The zero-order valence-electron chi connectivity index (χ0n) is 13.7. The Hall–Kier alpha value is -2.80. The molecule has 1 aliphatic heterocycles. The van der Waals surface area contributed by atoms with E-state index in [0.29, 0.717) is 36.3 Å². The number of nitrogens with zero attached hydrogens (tertiary/aromatic N) is 4. The summed E-state index contributed by atoms with van der Waals surface area (Å²) in [6.07, 6.45) is 5.33. The van der Waals surface area contributed by atoms with E-state index >= 15 is 0 Å². The van der Waals surface area contributed by atoms with Crippen molar-refractivity contribution in [3.05, 3.63) is 65.9 Å². The molecule has 0 spiro atoms. The Labute approximate surface area is 144 Å². The molecule has 1 fully saturated rings. The molecule has 0 radical (unpaired) electrons. The van der Waals surface area contributed by atoms with E-state index in [0.717, 1.165) is 19.4 Å². The van der Waals surface area contributed by atoms with Crippen molar-refractivity contribution in [2.24, 2.45) is 0 Å². The van der Waals surface area contributed by atoms with Gasteiger partial charge in [0.2, 0.25) is 17.6 Å². The summed E-state index contributed by atoms with van der Waals surface area (Å²) < 4.78 is 13.0. The Bertz CT molecular complexity index is 850. The van der Waals surface area contributed by atoms with Crippen molar-refractivity contribution in [2.45, 2.75) is 25.3 Å². The van der Waals surface area contributed by atoms with Crippen LogP contribution in [0.4, 0.5) is 0 Å². The van der Waals surface area contributed by atoms with Gasteiger partial charge in [-0.15, -0.1) is 10.2 Å². The Morgan fingerprint density at radius 3 is 2.92 bits per heavy atom. The number of ether oxygens (including phenoxy) is 1. The van der Waals surface area contributed by atoms with E-state index in [9.17, 15) is 4.79 Å².